The number of hydrogen-bond acceptors (Lipinski definition) is 3. The van der Waals surface area contributed by atoms with Crippen molar-refractivity contribution in [2.75, 3.05) is 14.1 Å². The van der Waals surface area contributed by atoms with Gasteiger partial charge in [-0.15, -0.1) is 0 Å². The Bertz CT molecular complexity index is 948. The molecule has 0 fully saturated rings. The van der Waals surface area contributed by atoms with E-state index in [-0.39, 0.29) is 11.8 Å². The Morgan fingerprint density at radius 1 is 0.444 bits per heavy atom. The Hall–Kier alpha value is -1.88. The van der Waals surface area contributed by atoms with Gasteiger partial charge in [0, 0.05) is 6.54 Å². The molecule has 5 nitrogen and oxygen atoms in total. The Kier molecular flexibility index (Phi) is 30.9. The van der Waals surface area contributed by atoms with Crippen molar-refractivity contribution in [2.45, 2.75) is 227 Å². The number of nitrogens with zero attached hydrogens (tertiary/aromatic N) is 1. The van der Waals surface area contributed by atoms with Gasteiger partial charge in [-0.3, -0.25) is 9.59 Å². The summed E-state index contributed by atoms with van der Waals surface area (Å²) in [4.78, 5) is 28.3. The van der Waals surface area contributed by atoms with Crippen molar-refractivity contribution in [3.63, 3.8) is 0 Å². The fourth-order valence-corrected chi connectivity index (χ4v) is 8.79. The van der Waals surface area contributed by atoms with Gasteiger partial charge in [0.15, 0.2) is 0 Å². The van der Waals surface area contributed by atoms with E-state index in [1.807, 2.05) is 0 Å². The highest BCUT2D eigenvalue weighted by atomic mass is 16.4. The van der Waals surface area contributed by atoms with E-state index >= 15 is 0 Å². The summed E-state index contributed by atoms with van der Waals surface area (Å²) in [6.45, 7) is 9.76. The van der Waals surface area contributed by atoms with E-state index in [0.29, 0.717) is 12.8 Å². The molecule has 0 amide bonds. The van der Waals surface area contributed by atoms with Gasteiger partial charge in [0.05, 0.1) is 11.8 Å². The number of carboxylic acids is 2. The highest BCUT2D eigenvalue weighted by Gasteiger charge is 2.30. The molecule has 314 valence electrons. The molecular weight excluding hydrogens is 667 g/mol. The number of benzene rings is 1. The molecule has 2 N–H and O–H groups in total. The SMILES string of the molecule is CCCCCCCCC(CCCCCCCC)C(Cc1cc(CC(C(=O)O)C(CCCCCCCC)CCCCCCCC)cc(CN(C)C)c1)C(=O)O. The first kappa shape index (κ1) is 50.1. The molecule has 54 heavy (non-hydrogen) atoms. The van der Waals surface area contributed by atoms with E-state index in [1.165, 1.54) is 128 Å². The normalized spacial score (nSPS) is 13.0. The van der Waals surface area contributed by atoms with Crippen LogP contribution in [0.15, 0.2) is 18.2 Å². The van der Waals surface area contributed by atoms with Crippen LogP contribution in [-0.4, -0.2) is 41.1 Å². The lowest BCUT2D eigenvalue weighted by Crippen LogP contribution is -2.27. The van der Waals surface area contributed by atoms with Crippen molar-refractivity contribution < 1.29 is 19.8 Å². The third-order valence-corrected chi connectivity index (χ3v) is 12.0. The van der Waals surface area contributed by atoms with Crippen molar-refractivity contribution in [3.05, 3.63) is 34.9 Å². The number of carboxylic acid groups (broad SMARTS) is 2. The standard InChI is InChI=1S/C49H89NO4/c1-7-11-15-19-23-27-31-44(32-28-24-20-16-12-8-2)46(48(51)52)38-41-35-42(37-43(36-41)40-50(5)6)39-47(49(53)54)45(33-29-25-21-17-13-9-3)34-30-26-22-18-14-10-4/h35-37,44-47H,7-34,38-40H2,1-6H3,(H,51,52)(H,53,54). The van der Waals surface area contributed by atoms with E-state index < -0.39 is 23.8 Å². The van der Waals surface area contributed by atoms with Crippen molar-refractivity contribution in [1.29, 1.82) is 0 Å². The van der Waals surface area contributed by atoms with Crippen molar-refractivity contribution in [2.24, 2.45) is 23.7 Å². The summed E-state index contributed by atoms with van der Waals surface area (Å²) in [5, 5.41) is 21.5. The van der Waals surface area contributed by atoms with Crippen LogP contribution < -0.4 is 0 Å². The van der Waals surface area contributed by atoms with Crippen molar-refractivity contribution in [1.82, 2.24) is 4.90 Å². The Morgan fingerprint density at radius 2 is 0.704 bits per heavy atom. The third-order valence-electron chi connectivity index (χ3n) is 12.0. The van der Waals surface area contributed by atoms with Crippen LogP contribution in [0.5, 0.6) is 0 Å². The maximum atomic E-state index is 13.1. The summed E-state index contributed by atoms with van der Waals surface area (Å²) in [6.07, 6.45) is 34.4. The number of carbonyl (C=O) groups is 2. The van der Waals surface area contributed by atoms with Crippen LogP contribution in [0.2, 0.25) is 0 Å². The second-order valence-electron chi connectivity index (χ2n) is 17.4. The number of rotatable bonds is 38. The van der Waals surface area contributed by atoms with Crippen LogP contribution in [-0.2, 0) is 29.0 Å². The van der Waals surface area contributed by atoms with Crippen LogP contribution in [0.3, 0.4) is 0 Å². The summed E-state index contributed by atoms with van der Waals surface area (Å²) in [5.74, 6) is -1.82. The van der Waals surface area contributed by atoms with E-state index in [1.54, 1.807) is 0 Å². The summed E-state index contributed by atoms with van der Waals surface area (Å²) >= 11 is 0. The first-order valence-electron chi connectivity index (χ1n) is 23.4. The predicted molar refractivity (Wildman–Crippen MR) is 232 cm³/mol. The van der Waals surface area contributed by atoms with Crippen LogP contribution in [0.4, 0.5) is 0 Å². The zero-order chi connectivity index (χ0) is 39.8. The molecule has 0 saturated carbocycles. The minimum absolute atomic E-state index is 0.173. The average molecular weight is 756 g/mol. The van der Waals surface area contributed by atoms with Crippen molar-refractivity contribution in [3.8, 4) is 0 Å². The van der Waals surface area contributed by atoms with Gasteiger partial charge in [0.2, 0.25) is 0 Å². The first-order chi connectivity index (χ1) is 26.2. The highest BCUT2D eigenvalue weighted by molar-refractivity contribution is 5.71. The molecule has 0 aliphatic rings. The maximum Gasteiger partial charge on any atom is 0.307 e. The minimum Gasteiger partial charge on any atom is -0.481 e. The lowest BCUT2D eigenvalue weighted by atomic mass is 9.78. The monoisotopic (exact) mass is 756 g/mol. The molecule has 0 aliphatic carbocycles. The van der Waals surface area contributed by atoms with E-state index in [2.05, 4.69) is 64.9 Å². The fraction of sp³-hybridized carbons (Fsp3) is 0.837. The number of aliphatic carboxylic acids is 2. The molecule has 2 unspecified atom stereocenters. The molecule has 1 aromatic rings. The van der Waals surface area contributed by atoms with Gasteiger partial charge >= 0.3 is 11.9 Å². The molecule has 0 spiro atoms. The molecule has 0 radical (unpaired) electrons. The molecule has 0 bridgehead atoms. The molecule has 0 saturated heterocycles. The smallest absolute Gasteiger partial charge is 0.307 e. The molecule has 0 aliphatic heterocycles. The summed E-state index contributed by atoms with van der Waals surface area (Å²) in [7, 11) is 4.14. The molecular formula is C49H89NO4. The summed E-state index contributed by atoms with van der Waals surface area (Å²) in [6, 6.07) is 6.61. The second-order valence-corrected chi connectivity index (χ2v) is 17.4. The molecule has 0 aromatic heterocycles. The average Bonchev–Trinajstić information content (AvgIpc) is 3.13. The number of hydrogen-bond donors (Lipinski definition) is 2. The van der Waals surface area contributed by atoms with Gasteiger partial charge in [-0.05, 0) is 81.1 Å². The Morgan fingerprint density at radius 3 is 0.963 bits per heavy atom. The van der Waals surface area contributed by atoms with E-state index in [0.717, 1.165) is 74.6 Å². The molecule has 0 heterocycles. The fourth-order valence-electron chi connectivity index (χ4n) is 8.79. The Labute approximate surface area is 335 Å². The highest BCUT2D eigenvalue weighted by Crippen LogP contribution is 2.33. The van der Waals surface area contributed by atoms with Gasteiger partial charge in [0.1, 0.15) is 0 Å². The largest absolute Gasteiger partial charge is 0.481 e. The zero-order valence-corrected chi connectivity index (χ0v) is 36.6. The lowest BCUT2D eigenvalue weighted by Gasteiger charge is -2.27. The van der Waals surface area contributed by atoms with Gasteiger partial charge < -0.3 is 15.1 Å². The molecule has 5 heteroatoms. The van der Waals surface area contributed by atoms with E-state index in [9.17, 15) is 19.8 Å². The van der Waals surface area contributed by atoms with Crippen LogP contribution in [0, 0.1) is 23.7 Å². The maximum absolute atomic E-state index is 13.1. The number of unbranched alkanes of at least 4 members (excludes halogenated alkanes) is 20. The Balaban J connectivity index is 3.30. The first-order valence-corrected chi connectivity index (χ1v) is 23.4. The minimum atomic E-state index is -0.669. The van der Waals surface area contributed by atoms with Gasteiger partial charge in [-0.25, -0.2) is 0 Å². The van der Waals surface area contributed by atoms with Gasteiger partial charge in [-0.1, -0.05) is 200 Å². The van der Waals surface area contributed by atoms with Gasteiger partial charge in [0.25, 0.3) is 0 Å². The topological polar surface area (TPSA) is 77.8 Å². The third kappa shape index (κ3) is 24.6. The predicted octanol–water partition coefficient (Wildman–Crippen LogP) is 14.5. The zero-order valence-electron chi connectivity index (χ0n) is 36.6. The second kappa shape index (κ2) is 33.3. The summed E-state index contributed by atoms with van der Waals surface area (Å²) in [5.41, 5.74) is 3.30. The van der Waals surface area contributed by atoms with Crippen LogP contribution in [0.25, 0.3) is 0 Å². The van der Waals surface area contributed by atoms with Gasteiger partial charge in [-0.2, -0.15) is 0 Å². The van der Waals surface area contributed by atoms with Crippen molar-refractivity contribution >= 4 is 11.9 Å². The molecule has 2 atom stereocenters. The van der Waals surface area contributed by atoms with Crippen LogP contribution in [0.1, 0.15) is 224 Å². The van der Waals surface area contributed by atoms with E-state index in [4.69, 9.17) is 0 Å². The summed E-state index contributed by atoms with van der Waals surface area (Å²) < 4.78 is 0. The van der Waals surface area contributed by atoms with Crippen LogP contribution >= 0.6 is 0 Å². The quantitative estimate of drug-likeness (QED) is 0.0657. The molecule has 1 rings (SSSR count). The molecule has 1 aromatic carbocycles. The lowest BCUT2D eigenvalue weighted by molar-refractivity contribution is -0.144.